The second-order valence-corrected chi connectivity index (χ2v) is 12.7. The summed E-state index contributed by atoms with van der Waals surface area (Å²) in [7, 11) is -7.28. The third-order valence-electron chi connectivity index (χ3n) is 6.40. The number of para-hydroxylation sites is 1. The second kappa shape index (κ2) is 9.55. The van der Waals surface area contributed by atoms with Gasteiger partial charge in [-0.25, -0.2) is 21.8 Å². The minimum atomic E-state index is -3.88. The number of anilines is 2. The lowest BCUT2D eigenvalue weighted by Gasteiger charge is -2.22. The first-order chi connectivity index (χ1) is 17.2. The highest BCUT2D eigenvalue weighted by Gasteiger charge is 2.25. The highest BCUT2D eigenvalue weighted by Crippen LogP contribution is 2.29. The van der Waals surface area contributed by atoms with Gasteiger partial charge in [-0.05, 0) is 73.9 Å². The molecule has 0 amide bonds. The van der Waals surface area contributed by atoms with Crippen LogP contribution in [-0.2, 0) is 20.0 Å². The summed E-state index contributed by atoms with van der Waals surface area (Å²) in [5.74, 6) is 0.108. The van der Waals surface area contributed by atoms with Crippen molar-refractivity contribution in [3.8, 4) is 11.3 Å². The summed E-state index contributed by atoms with van der Waals surface area (Å²) < 4.78 is 55.4. The normalized spacial score (nSPS) is 16.0. The molecule has 0 atom stereocenters. The van der Waals surface area contributed by atoms with E-state index in [9.17, 15) is 16.8 Å². The summed E-state index contributed by atoms with van der Waals surface area (Å²) in [4.78, 5) is 4.80. The van der Waals surface area contributed by atoms with Crippen LogP contribution in [0.1, 0.15) is 24.8 Å². The number of pyridine rings is 1. The van der Waals surface area contributed by atoms with Crippen molar-refractivity contribution in [3.63, 3.8) is 0 Å². The van der Waals surface area contributed by atoms with Gasteiger partial charge in [0, 0.05) is 23.2 Å². The molecule has 1 N–H and O–H groups in total. The number of aryl methyl sites for hydroxylation is 1. The molecule has 4 aromatic rings. The molecule has 0 unspecified atom stereocenters. The van der Waals surface area contributed by atoms with E-state index in [1.165, 1.54) is 16.4 Å². The first-order valence-electron chi connectivity index (χ1n) is 11.8. The van der Waals surface area contributed by atoms with Crippen molar-refractivity contribution in [2.45, 2.75) is 31.1 Å². The van der Waals surface area contributed by atoms with E-state index in [1.807, 2.05) is 49.4 Å². The van der Waals surface area contributed by atoms with Gasteiger partial charge < -0.3 is 0 Å². The summed E-state index contributed by atoms with van der Waals surface area (Å²) in [5, 5.41) is 1.03. The molecule has 9 heteroatoms. The van der Waals surface area contributed by atoms with E-state index in [0.717, 1.165) is 40.6 Å². The average Bonchev–Trinajstić information content (AvgIpc) is 3.05. The van der Waals surface area contributed by atoms with Gasteiger partial charge in [0.15, 0.2) is 0 Å². The van der Waals surface area contributed by atoms with Crippen molar-refractivity contribution >= 4 is 42.3 Å². The SMILES string of the molecule is Cc1ccc(NS(=O)(=O)c2ccc(N3CCCCCS3(=O)=O)cc2)cc1-c1ccc2ccccc2n1. The molecule has 1 aliphatic heterocycles. The van der Waals surface area contributed by atoms with E-state index < -0.39 is 20.0 Å². The standard InChI is InChI=1S/C27H27N3O4S2/c1-20-9-11-22(19-25(20)27-16-10-21-7-3-4-8-26(21)28-27)29-36(33,34)24-14-12-23(13-15-24)30-17-5-2-6-18-35(30,31)32/h3-4,7-16,19,29H,2,5-6,17-18H2,1H3. The molecule has 186 valence electrons. The summed E-state index contributed by atoms with van der Waals surface area (Å²) in [6.07, 6.45) is 2.28. The van der Waals surface area contributed by atoms with Gasteiger partial charge >= 0.3 is 0 Å². The Morgan fingerprint density at radius 1 is 0.889 bits per heavy atom. The number of nitrogens with zero attached hydrogens (tertiary/aromatic N) is 2. The van der Waals surface area contributed by atoms with Crippen LogP contribution in [0.4, 0.5) is 11.4 Å². The highest BCUT2D eigenvalue weighted by molar-refractivity contribution is 7.93. The molecule has 1 aliphatic rings. The molecule has 7 nitrogen and oxygen atoms in total. The third-order valence-corrected chi connectivity index (χ3v) is 9.67. The largest absolute Gasteiger partial charge is 0.280 e. The van der Waals surface area contributed by atoms with E-state index >= 15 is 0 Å². The van der Waals surface area contributed by atoms with Crippen LogP contribution in [-0.4, -0.2) is 34.1 Å². The number of hydrogen-bond donors (Lipinski definition) is 1. The van der Waals surface area contributed by atoms with Gasteiger partial charge in [-0.3, -0.25) is 9.03 Å². The van der Waals surface area contributed by atoms with Crippen LogP contribution in [0.5, 0.6) is 0 Å². The summed E-state index contributed by atoms with van der Waals surface area (Å²) in [6.45, 7) is 2.36. The topological polar surface area (TPSA) is 96.4 Å². The van der Waals surface area contributed by atoms with Crippen molar-refractivity contribution in [1.82, 2.24) is 4.98 Å². The molecular formula is C27H27N3O4S2. The van der Waals surface area contributed by atoms with Crippen molar-refractivity contribution in [3.05, 3.63) is 84.4 Å². The number of sulfonamides is 2. The Balaban J connectivity index is 1.41. The van der Waals surface area contributed by atoms with E-state index in [2.05, 4.69) is 4.72 Å². The van der Waals surface area contributed by atoms with Crippen molar-refractivity contribution in [1.29, 1.82) is 0 Å². The molecule has 1 saturated heterocycles. The van der Waals surface area contributed by atoms with Gasteiger partial charge in [-0.1, -0.05) is 36.8 Å². The summed E-state index contributed by atoms with van der Waals surface area (Å²) in [6, 6.07) is 23.1. The zero-order chi connectivity index (χ0) is 25.3. The van der Waals surface area contributed by atoms with Crippen molar-refractivity contribution in [2.24, 2.45) is 0 Å². The van der Waals surface area contributed by atoms with E-state index in [1.54, 1.807) is 24.3 Å². The van der Waals surface area contributed by atoms with E-state index in [4.69, 9.17) is 4.98 Å². The lowest BCUT2D eigenvalue weighted by molar-refractivity contribution is 0.592. The lowest BCUT2D eigenvalue weighted by atomic mass is 10.0. The molecule has 0 radical (unpaired) electrons. The molecule has 3 aromatic carbocycles. The maximum atomic E-state index is 13.1. The Hall–Kier alpha value is -3.43. The highest BCUT2D eigenvalue weighted by atomic mass is 32.2. The quantitative estimate of drug-likeness (QED) is 0.383. The van der Waals surface area contributed by atoms with Crippen LogP contribution < -0.4 is 9.03 Å². The smallest absolute Gasteiger partial charge is 0.261 e. The Morgan fingerprint density at radius 2 is 1.67 bits per heavy atom. The van der Waals surface area contributed by atoms with Crippen molar-refractivity contribution < 1.29 is 16.8 Å². The molecule has 0 bridgehead atoms. The monoisotopic (exact) mass is 521 g/mol. The zero-order valence-corrected chi connectivity index (χ0v) is 21.5. The average molecular weight is 522 g/mol. The third kappa shape index (κ3) is 4.94. The van der Waals surface area contributed by atoms with Gasteiger partial charge in [0.1, 0.15) is 0 Å². The molecule has 36 heavy (non-hydrogen) atoms. The number of hydrogen-bond acceptors (Lipinski definition) is 5. The fourth-order valence-corrected chi connectivity index (χ4v) is 7.13. The number of benzene rings is 3. The molecule has 0 saturated carbocycles. The first kappa shape index (κ1) is 24.3. The van der Waals surface area contributed by atoms with E-state index in [0.29, 0.717) is 24.3 Å². The van der Waals surface area contributed by atoms with Crippen LogP contribution >= 0.6 is 0 Å². The zero-order valence-electron chi connectivity index (χ0n) is 19.9. The minimum Gasteiger partial charge on any atom is -0.280 e. The molecule has 0 spiro atoms. The van der Waals surface area contributed by atoms with E-state index in [-0.39, 0.29) is 10.6 Å². The minimum absolute atomic E-state index is 0.0597. The maximum absolute atomic E-state index is 13.1. The molecular weight excluding hydrogens is 494 g/mol. The van der Waals surface area contributed by atoms with Gasteiger partial charge in [0.25, 0.3) is 10.0 Å². The lowest BCUT2D eigenvalue weighted by Crippen LogP contribution is -2.32. The van der Waals surface area contributed by atoms with Crippen molar-refractivity contribution in [2.75, 3.05) is 21.3 Å². The molecule has 1 aromatic heterocycles. The first-order valence-corrected chi connectivity index (χ1v) is 14.9. The number of rotatable bonds is 5. The molecule has 1 fully saturated rings. The summed E-state index contributed by atoms with van der Waals surface area (Å²) >= 11 is 0. The van der Waals surface area contributed by atoms with Gasteiger partial charge in [0.05, 0.1) is 27.5 Å². The Bertz CT molecular complexity index is 1630. The number of fused-ring (bicyclic) bond motifs is 1. The number of nitrogens with one attached hydrogen (secondary N) is 1. The Kier molecular flexibility index (Phi) is 6.44. The second-order valence-electron chi connectivity index (χ2n) is 8.97. The van der Waals surface area contributed by atoms with Gasteiger partial charge in [-0.15, -0.1) is 0 Å². The van der Waals surface area contributed by atoms with Crippen LogP contribution in [0.2, 0.25) is 0 Å². The fourth-order valence-electron chi connectivity index (χ4n) is 4.44. The molecule has 2 heterocycles. The van der Waals surface area contributed by atoms with Gasteiger partial charge in [-0.2, -0.15) is 0 Å². The van der Waals surface area contributed by atoms with Crippen LogP contribution in [0, 0.1) is 6.92 Å². The fraction of sp³-hybridized carbons (Fsp3) is 0.222. The summed E-state index contributed by atoms with van der Waals surface area (Å²) in [5.41, 5.74) is 4.34. The molecule has 0 aliphatic carbocycles. The molecule has 5 rings (SSSR count). The van der Waals surface area contributed by atoms with Crippen LogP contribution in [0.3, 0.4) is 0 Å². The van der Waals surface area contributed by atoms with Gasteiger partial charge in [0.2, 0.25) is 10.0 Å². The number of aromatic nitrogens is 1. The van der Waals surface area contributed by atoms with Crippen LogP contribution in [0.15, 0.2) is 83.8 Å². The predicted octanol–water partition coefficient (Wildman–Crippen LogP) is 5.33. The predicted molar refractivity (Wildman–Crippen MR) is 144 cm³/mol. The maximum Gasteiger partial charge on any atom is 0.261 e. The van der Waals surface area contributed by atoms with Crippen LogP contribution in [0.25, 0.3) is 22.2 Å². The Labute approximate surface area is 211 Å². The Morgan fingerprint density at radius 3 is 2.47 bits per heavy atom.